The Labute approximate surface area is 218 Å². The normalized spacial score (nSPS) is 14.3. The van der Waals surface area contributed by atoms with Gasteiger partial charge in [0, 0.05) is 29.9 Å². The average molecular weight is 526 g/mol. The van der Waals surface area contributed by atoms with Crippen LogP contribution in [0.2, 0.25) is 5.02 Å². The monoisotopic (exact) mass is 525 g/mol. The molecule has 2 N–H and O–H groups in total. The van der Waals surface area contributed by atoms with Crippen LogP contribution < -0.4 is 15.4 Å². The number of anilines is 3. The number of nitrogens with zero attached hydrogens (tertiary/aromatic N) is 3. The lowest BCUT2D eigenvalue weighted by Crippen LogP contribution is -2.30. The largest absolute Gasteiger partial charge is 0.492 e. The van der Waals surface area contributed by atoms with E-state index < -0.39 is 17.6 Å². The van der Waals surface area contributed by atoms with Crippen LogP contribution in [0.1, 0.15) is 31.7 Å². The molecule has 0 unspecified atom stereocenters. The molecule has 3 aromatic rings. The predicted octanol–water partition coefficient (Wildman–Crippen LogP) is 6.32. The van der Waals surface area contributed by atoms with Crippen LogP contribution in [-0.4, -0.2) is 42.0 Å². The summed E-state index contributed by atoms with van der Waals surface area (Å²) in [6.07, 6.45) is 5.97. The molecule has 0 aliphatic carbocycles. The summed E-state index contributed by atoms with van der Waals surface area (Å²) in [5.41, 5.74) is 1.72. The van der Waals surface area contributed by atoms with E-state index in [1.54, 1.807) is 19.1 Å². The third-order valence-corrected chi connectivity index (χ3v) is 6.31. The number of hydrogen-bond acceptors (Lipinski definition) is 6. The highest BCUT2D eigenvalue weighted by molar-refractivity contribution is 6.31. The highest BCUT2D eigenvalue weighted by Gasteiger charge is 2.18. The van der Waals surface area contributed by atoms with Crippen molar-refractivity contribution in [3.05, 3.63) is 64.8 Å². The minimum absolute atomic E-state index is 0.0831. The molecule has 37 heavy (non-hydrogen) atoms. The van der Waals surface area contributed by atoms with Crippen molar-refractivity contribution in [3.63, 3.8) is 0 Å². The number of benzene rings is 2. The highest BCUT2D eigenvalue weighted by atomic mass is 35.5. The van der Waals surface area contributed by atoms with Crippen molar-refractivity contribution >= 4 is 45.5 Å². The van der Waals surface area contributed by atoms with E-state index in [0.717, 1.165) is 25.9 Å². The van der Waals surface area contributed by atoms with Gasteiger partial charge in [0.15, 0.2) is 5.83 Å². The van der Waals surface area contributed by atoms with Gasteiger partial charge in [-0.15, -0.1) is 0 Å². The fraction of sp³-hybridized carbons (Fsp3) is 0.296. The molecule has 0 spiro atoms. The number of piperidine rings is 1. The maximum absolute atomic E-state index is 14.7. The number of nitriles is 1. The maximum Gasteiger partial charge on any atom is 0.284 e. The van der Waals surface area contributed by atoms with E-state index in [0.29, 0.717) is 41.2 Å². The van der Waals surface area contributed by atoms with Crippen LogP contribution in [-0.2, 0) is 4.79 Å². The number of carbonyl (C=O) groups is 1. The molecule has 1 aliphatic heterocycles. The molecule has 1 saturated heterocycles. The maximum atomic E-state index is 14.7. The number of hydrogen-bond donors (Lipinski definition) is 2. The van der Waals surface area contributed by atoms with Crippen molar-refractivity contribution in [2.45, 2.75) is 26.2 Å². The number of pyridine rings is 1. The topological polar surface area (TPSA) is 90.3 Å². The fourth-order valence-corrected chi connectivity index (χ4v) is 4.34. The molecule has 0 atom stereocenters. The number of amides is 1. The number of carbonyl (C=O) groups excluding carboxylic acids is 1. The van der Waals surface area contributed by atoms with Gasteiger partial charge in [-0.2, -0.15) is 5.26 Å². The van der Waals surface area contributed by atoms with E-state index >= 15 is 0 Å². The first-order valence-corrected chi connectivity index (χ1v) is 12.4. The summed E-state index contributed by atoms with van der Waals surface area (Å²) in [5, 5.41) is 15.7. The zero-order valence-electron chi connectivity index (χ0n) is 20.3. The van der Waals surface area contributed by atoms with Gasteiger partial charge >= 0.3 is 0 Å². The first-order chi connectivity index (χ1) is 17.9. The standard InChI is InChI=1S/C27H26ClF2N5O2/c1-2-37-25-14-23-19(13-24(25)34-27(36)22(30)8-11-35-9-4-3-5-10-35)26(17(15-31)16-32-23)33-18-6-7-21(29)20(28)12-18/h6-8,12-14,16H,2-5,9-11H2,1H3,(H,32,33)(H,34,36)/b22-8-. The SMILES string of the molecule is CCOc1cc2ncc(C#N)c(Nc3ccc(F)c(Cl)c3)c2cc1NC(=O)/C(F)=C/CN1CCCCC1. The van der Waals surface area contributed by atoms with Crippen LogP contribution >= 0.6 is 11.6 Å². The molecule has 1 fully saturated rings. The Morgan fingerprint density at radius 2 is 2.05 bits per heavy atom. The van der Waals surface area contributed by atoms with Crippen molar-refractivity contribution in [2.24, 2.45) is 0 Å². The number of ether oxygens (including phenoxy) is 1. The number of likely N-dealkylation sites (tertiary alicyclic amines) is 1. The summed E-state index contributed by atoms with van der Waals surface area (Å²) in [4.78, 5) is 19.1. The van der Waals surface area contributed by atoms with Crippen molar-refractivity contribution in [1.29, 1.82) is 5.26 Å². The van der Waals surface area contributed by atoms with Gasteiger partial charge in [0.25, 0.3) is 5.91 Å². The molecule has 2 aromatic carbocycles. The van der Waals surface area contributed by atoms with E-state index in [9.17, 15) is 18.8 Å². The van der Waals surface area contributed by atoms with Crippen molar-refractivity contribution in [3.8, 4) is 11.8 Å². The van der Waals surface area contributed by atoms with Crippen LogP contribution in [0.15, 0.2) is 48.4 Å². The van der Waals surface area contributed by atoms with E-state index in [1.807, 2.05) is 0 Å². The zero-order chi connectivity index (χ0) is 26.4. The number of halogens is 3. The molecule has 7 nitrogen and oxygen atoms in total. The van der Waals surface area contributed by atoms with Crippen LogP contribution in [0.25, 0.3) is 10.9 Å². The molecule has 4 rings (SSSR count). The van der Waals surface area contributed by atoms with E-state index in [2.05, 4.69) is 26.6 Å². The predicted molar refractivity (Wildman–Crippen MR) is 140 cm³/mol. The number of nitrogens with one attached hydrogen (secondary N) is 2. The summed E-state index contributed by atoms with van der Waals surface area (Å²) >= 11 is 5.91. The Morgan fingerprint density at radius 3 is 2.76 bits per heavy atom. The lowest BCUT2D eigenvalue weighted by atomic mass is 10.1. The molecule has 0 bridgehead atoms. The molecular weight excluding hydrogens is 500 g/mol. The summed E-state index contributed by atoms with van der Waals surface area (Å²) < 4.78 is 34.0. The molecule has 0 radical (unpaired) electrons. The molecular formula is C27H26ClF2N5O2. The quantitative estimate of drug-likeness (QED) is 0.334. The van der Waals surface area contributed by atoms with Gasteiger partial charge < -0.3 is 15.4 Å². The lowest BCUT2D eigenvalue weighted by molar-refractivity contribution is -0.114. The van der Waals surface area contributed by atoms with Gasteiger partial charge in [0.1, 0.15) is 17.6 Å². The minimum Gasteiger partial charge on any atom is -0.492 e. The minimum atomic E-state index is -0.901. The smallest absolute Gasteiger partial charge is 0.284 e. The van der Waals surface area contributed by atoms with Gasteiger partial charge in [0.05, 0.1) is 34.1 Å². The Morgan fingerprint density at radius 1 is 1.27 bits per heavy atom. The Bertz CT molecular complexity index is 1380. The van der Waals surface area contributed by atoms with E-state index in [4.69, 9.17) is 16.3 Å². The Hall–Kier alpha value is -3.74. The highest BCUT2D eigenvalue weighted by Crippen LogP contribution is 2.36. The second-order valence-electron chi connectivity index (χ2n) is 8.58. The van der Waals surface area contributed by atoms with Crippen LogP contribution in [0.3, 0.4) is 0 Å². The molecule has 2 heterocycles. The van der Waals surface area contributed by atoms with Gasteiger partial charge in [0.2, 0.25) is 0 Å². The van der Waals surface area contributed by atoms with Crippen molar-refractivity contribution < 1.29 is 18.3 Å². The summed E-state index contributed by atoms with van der Waals surface area (Å²) in [7, 11) is 0. The van der Waals surface area contributed by atoms with Gasteiger partial charge in [-0.3, -0.25) is 14.7 Å². The van der Waals surface area contributed by atoms with E-state index in [-0.39, 0.29) is 16.3 Å². The number of fused-ring (bicyclic) bond motifs is 1. The van der Waals surface area contributed by atoms with Crippen LogP contribution in [0, 0.1) is 17.1 Å². The summed E-state index contributed by atoms with van der Waals surface area (Å²) in [5.74, 6) is -2.06. The molecule has 0 saturated carbocycles. The molecule has 1 amide bonds. The third kappa shape index (κ3) is 6.34. The molecule has 10 heteroatoms. The summed E-state index contributed by atoms with van der Waals surface area (Å²) in [6.45, 7) is 4.21. The molecule has 192 valence electrons. The lowest BCUT2D eigenvalue weighted by Gasteiger charge is -2.24. The Balaban J connectivity index is 1.68. The summed E-state index contributed by atoms with van der Waals surface area (Å²) in [6, 6.07) is 9.33. The van der Waals surface area contributed by atoms with Crippen molar-refractivity contribution in [1.82, 2.24) is 9.88 Å². The number of aromatic nitrogens is 1. The molecule has 1 aliphatic rings. The third-order valence-electron chi connectivity index (χ3n) is 6.02. The number of rotatable bonds is 8. The first-order valence-electron chi connectivity index (χ1n) is 12.0. The van der Waals surface area contributed by atoms with Gasteiger partial charge in [-0.25, -0.2) is 8.78 Å². The molecule has 1 aromatic heterocycles. The van der Waals surface area contributed by atoms with Crippen molar-refractivity contribution in [2.75, 3.05) is 36.9 Å². The average Bonchev–Trinajstić information content (AvgIpc) is 2.90. The first kappa shape index (κ1) is 26.3. The van der Waals surface area contributed by atoms with Crippen LogP contribution in [0.4, 0.5) is 25.8 Å². The van der Waals surface area contributed by atoms with Gasteiger partial charge in [-0.05, 0) is 63.2 Å². The zero-order valence-corrected chi connectivity index (χ0v) is 21.0. The van der Waals surface area contributed by atoms with Crippen LogP contribution in [0.5, 0.6) is 5.75 Å². The second-order valence-corrected chi connectivity index (χ2v) is 8.99. The van der Waals surface area contributed by atoms with E-state index in [1.165, 1.54) is 36.9 Å². The van der Waals surface area contributed by atoms with Gasteiger partial charge in [-0.1, -0.05) is 18.0 Å². The fourth-order valence-electron chi connectivity index (χ4n) is 4.16. The Kier molecular flexibility index (Phi) is 8.54. The second kappa shape index (κ2) is 12.0.